The molecule has 9 heteroatoms. The zero-order chi connectivity index (χ0) is 15.1. The second-order valence-electron chi connectivity index (χ2n) is 4.58. The molecule has 1 N–H and O–H groups in total. The quantitative estimate of drug-likeness (QED) is 0.522. The van der Waals surface area contributed by atoms with Crippen LogP contribution < -0.4 is 4.90 Å². The van der Waals surface area contributed by atoms with Gasteiger partial charge in [0.2, 0.25) is 0 Å². The maximum absolute atomic E-state index is 14.2. The van der Waals surface area contributed by atoms with Crippen LogP contribution in [0.15, 0.2) is 5.16 Å². The molecule has 0 radical (unpaired) electrons. The van der Waals surface area contributed by atoms with Crippen LogP contribution in [0.5, 0.6) is 0 Å². The number of thioether (sulfide) groups is 1. The molecule has 0 aromatic carbocycles. The topological polar surface area (TPSA) is 62.1 Å². The first-order valence-corrected chi connectivity index (χ1v) is 8.18. The third kappa shape index (κ3) is 2.42. The van der Waals surface area contributed by atoms with Crippen LogP contribution in [0.25, 0.3) is 10.9 Å². The van der Waals surface area contributed by atoms with Gasteiger partial charge in [-0.2, -0.15) is 0 Å². The minimum atomic E-state index is -0.712. The van der Waals surface area contributed by atoms with Crippen LogP contribution in [-0.4, -0.2) is 45.5 Å². The van der Waals surface area contributed by atoms with E-state index in [1.165, 1.54) is 11.8 Å². The summed E-state index contributed by atoms with van der Waals surface area (Å²) in [6.45, 7) is 0.715. The van der Waals surface area contributed by atoms with Crippen molar-refractivity contribution in [1.82, 2.24) is 15.0 Å². The van der Waals surface area contributed by atoms with Gasteiger partial charge < -0.3 is 10.0 Å². The predicted molar refractivity (Wildman–Crippen MR) is 81.9 cm³/mol. The third-order valence-electron chi connectivity index (χ3n) is 3.47. The smallest absolute Gasteiger partial charge is 0.189 e. The van der Waals surface area contributed by atoms with E-state index in [0.717, 1.165) is 6.42 Å². The lowest BCUT2D eigenvalue weighted by atomic mass is 10.0. The highest BCUT2D eigenvalue weighted by Gasteiger charge is 2.32. The highest BCUT2D eigenvalue weighted by molar-refractivity contribution is 7.98. The Morgan fingerprint density at radius 2 is 2.10 bits per heavy atom. The molecule has 0 bridgehead atoms. The van der Waals surface area contributed by atoms with Gasteiger partial charge in [-0.3, -0.25) is 0 Å². The van der Waals surface area contributed by atoms with Gasteiger partial charge in [0.05, 0.1) is 18.0 Å². The molecule has 0 aliphatic carbocycles. The summed E-state index contributed by atoms with van der Waals surface area (Å²) in [5, 5.41) is 9.84. The first-order chi connectivity index (χ1) is 10.1. The second kappa shape index (κ2) is 5.72. The van der Waals surface area contributed by atoms with Gasteiger partial charge in [-0.25, -0.2) is 19.3 Å². The Bertz CT molecular complexity index is 715. The first-order valence-electron chi connectivity index (χ1n) is 6.20. The SMILES string of the molecule is CSc1nc(N2CC[C@@H]2CO)c2c(Cl)nc(Cl)c(F)c2n1. The number of aliphatic hydroxyl groups is 1. The molecule has 1 saturated heterocycles. The van der Waals surface area contributed by atoms with Crippen LogP contribution in [0.4, 0.5) is 10.2 Å². The van der Waals surface area contributed by atoms with Gasteiger partial charge in [0, 0.05) is 6.54 Å². The number of nitrogens with zero attached hydrogens (tertiary/aromatic N) is 4. The molecule has 21 heavy (non-hydrogen) atoms. The second-order valence-corrected chi connectivity index (χ2v) is 6.07. The summed E-state index contributed by atoms with van der Waals surface area (Å²) in [4.78, 5) is 14.2. The Morgan fingerprint density at radius 1 is 1.33 bits per heavy atom. The minimum Gasteiger partial charge on any atom is -0.394 e. The van der Waals surface area contributed by atoms with Crippen molar-refractivity contribution in [3.05, 3.63) is 16.1 Å². The molecule has 5 nitrogen and oxygen atoms in total. The molecule has 1 fully saturated rings. The molecule has 2 aromatic rings. The summed E-state index contributed by atoms with van der Waals surface area (Å²) in [6.07, 6.45) is 2.64. The molecule has 0 unspecified atom stereocenters. The molecule has 0 saturated carbocycles. The maximum atomic E-state index is 14.2. The number of fused-ring (bicyclic) bond motifs is 1. The van der Waals surface area contributed by atoms with Crippen LogP contribution in [0.2, 0.25) is 10.3 Å². The fourth-order valence-corrected chi connectivity index (χ4v) is 3.11. The first kappa shape index (κ1) is 15.0. The lowest BCUT2D eigenvalue weighted by Gasteiger charge is -2.41. The maximum Gasteiger partial charge on any atom is 0.189 e. The highest BCUT2D eigenvalue weighted by Crippen LogP contribution is 2.37. The van der Waals surface area contributed by atoms with Crippen LogP contribution in [-0.2, 0) is 0 Å². The van der Waals surface area contributed by atoms with Gasteiger partial charge in [0.1, 0.15) is 16.5 Å². The zero-order valence-electron chi connectivity index (χ0n) is 11.0. The Morgan fingerprint density at radius 3 is 2.67 bits per heavy atom. The number of halogens is 3. The van der Waals surface area contributed by atoms with Crippen molar-refractivity contribution in [2.45, 2.75) is 17.6 Å². The van der Waals surface area contributed by atoms with Gasteiger partial charge in [-0.15, -0.1) is 0 Å². The van der Waals surface area contributed by atoms with E-state index < -0.39 is 5.82 Å². The number of pyridine rings is 1. The van der Waals surface area contributed by atoms with Crippen LogP contribution in [0.3, 0.4) is 0 Å². The average Bonchev–Trinajstić information content (AvgIpc) is 2.43. The molecular weight excluding hydrogens is 338 g/mol. The fourth-order valence-electron chi connectivity index (χ4n) is 2.28. The number of aromatic nitrogens is 3. The Hall–Kier alpha value is -0.890. The van der Waals surface area contributed by atoms with Crippen molar-refractivity contribution in [3.63, 3.8) is 0 Å². The molecule has 3 rings (SSSR count). The molecule has 3 heterocycles. The molecular formula is C12H11Cl2FN4OS. The Balaban J connectivity index is 2.29. The van der Waals surface area contributed by atoms with Gasteiger partial charge in [0.15, 0.2) is 16.1 Å². The van der Waals surface area contributed by atoms with Crippen molar-refractivity contribution in [2.24, 2.45) is 0 Å². The molecule has 0 amide bonds. The molecule has 112 valence electrons. The third-order valence-corrected chi connectivity index (χ3v) is 4.54. The van der Waals surface area contributed by atoms with Crippen molar-refractivity contribution in [1.29, 1.82) is 0 Å². The minimum absolute atomic E-state index is 0.00121. The molecule has 2 aromatic heterocycles. The average molecular weight is 349 g/mol. The molecule has 1 atom stereocenters. The van der Waals surface area contributed by atoms with Gasteiger partial charge in [-0.05, 0) is 12.7 Å². The highest BCUT2D eigenvalue weighted by atomic mass is 35.5. The van der Waals surface area contributed by atoms with Crippen LogP contribution >= 0.6 is 35.0 Å². The summed E-state index contributed by atoms with van der Waals surface area (Å²) in [5.74, 6) is -0.223. The number of rotatable bonds is 3. The fraction of sp³-hybridized carbons (Fsp3) is 0.417. The Kier molecular flexibility index (Phi) is 4.09. The van der Waals surface area contributed by atoms with Gasteiger partial charge >= 0.3 is 0 Å². The standard InChI is InChI=1S/C12H11Cl2FN4OS/c1-21-12-16-8-6(9(13)17-10(14)7(8)15)11(18-12)19-3-2-5(19)4-20/h5,20H,2-4H2,1H3/t5-/m1/s1. The summed E-state index contributed by atoms with van der Waals surface area (Å²) in [6, 6.07) is -0.0485. The van der Waals surface area contributed by atoms with Crippen LogP contribution in [0.1, 0.15) is 6.42 Å². The summed E-state index contributed by atoms with van der Waals surface area (Å²) >= 11 is 13.1. The number of anilines is 1. The Labute approximate surface area is 134 Å². The molecule has 1 aliphatic rings. The molecule has 1 aliphatic heterocycles. The van der Waals surface area contributed by atoms with E-state index in [2.05, 4.69) is 15.0 Å². The van der Waals surface area contributed by atoms with Crippen LogP contribution in [0, 0.1) is 5.82 Å². The van der Waals surface area contributed by atoms with Crippen molar-refractivity contribution in [2.75, 3.05) is 24.3 Å². The monoisotopic (exact) mass is 348 g/mol. The summed E-state index contributed by atoms with van der Waals surface area (Å²) in [7, 11) is 0. The van der Waals surface area contributed by atoms with Crippen molar-refractivity contribution >= 4 is 51.7 Å². The number of hydrogen-bond donors (Lipinski definition) is 1. The molecule has 0 spiro atoms. The van der Waals surface area contributed by atoms with E-state index in [4.69, 9.17) is 23.2 Å². The van der Waals surface area contributed by atoms with E-state index in [1.807, 2.05) is 4.90 Å². The summed E-state index contributed by atoms with van der Waals surface area (Å²) in [5.41, 5.74) is 0.0536. The lowest BCUT2D eigenvalue weighted by Crippen LogP contribution is -2.50. The number of aliphatic hydroxyl groups excluding tert-OH is 1. The van der Waals surface area contributed by atoms with E-state index in [0.29, 0.717) is 22.9 Å². The van der Waals surface area contributed by atoms with E-state index in [9.17, 15) is 9.50 Å². The van der Waals surface area contributed by atoms with Crippen molar-refractivity contribution in [3.8, 4) is 0 Å². The largest absolute Gasteiger partial charge is 0.394 e. The van der Waals surface area contributed by atoms with E-state index >= 15 is 0 Å². The number of hydrogen-bond acceptors (Lipinski definition) is 6. The predicted octanol–water partition coefficient (Wildman–Crippen LogP) is 2.76. The lowest BCUT2D eigenvalue weighted by molar-refractivity contribution is 0.226. The van der Waals surface area contributed by atoms with E-state index in [-0.39, 0.29) is 28.5 Å². The van der Waals surface area contributed by atoms with Crippen molar-refractivity contribution < 1.29 is 9.50 Å². The van der Waals surface area contributed by atoms with Gasteiger partial charge in [-0.1, -0.05) is 35.0 Å². The summed E-state index contributed by atoms with van der Waals surface area (Å²) < 4.78 is 14.2. The normalized spacial score (nSPS) is 18.1. The van der Waals surface area contributed by atoms with Gasteiger partial charge in [0.25, 0.3) is 0 Å². The zero-order valence-corrected chi connectivity index (χ0v) is 13.3. The van der Waals surface area contributed by atoms with E-state index in [1.54, 1.807) is 6.26 Å².